The van der Waals surface area contributed by atoms with Gasteiger partial charge in [-0.05, 0) is 24.3 Å². The van der Waals surface area contributed by atoms with Crippen molar-refractivity contribution in [3.8, 4) is 6.07 Å². The molecule has 0 fully saturated rings. The maximum atomic E-state index is 13.6. The number of nitrogens with one attached hydrogen (secondary N) is 1. The molecule has 0 heterocycles. The van der Waals surface area contributed by atoms with Crippen LogP contribution in [0, 0.1) is 23.0 Å². The molecule has 0 saturated heterocycles. The highest BCUT2D eigenvalue weighted by Gasteiger charge is 2.11. The lowest BCUT2D eigenvalue weighted by Gasteiger charge is -2.12. The molecule has 96 valence electrons. The Morgan fingerprint density at radius 3 is 2.58 bits per heavy atom. The van der Waals surface area contributed by atoms with Gasteiger partial charge in [-0.2, -0.15) is 5.26 Å². The first kappa shape index (κ1) is 13.1. The minimum Gasteiger partial charge on any atom is -0.397 e. The summed E-state index contributed by atoms with van der Waals surface area (Å²) in [5, 5.41) is 11.3. The molecule has 2 rings (SSSR count). The van der Waals surface area contributed by atoms with E-state index in [1.54, 1.807) is 0 Å². The lowest BCUT2D eigenvalue weighted by atomic mass is 10.2. The third-order valence-corrected chi connectivity index (χ3v) is 2.75. The van der Waals surface area contributed by atoms with Crippen LogP contribution in [-0.4, -0.2) is 0 Å². The Morgan fingerprint density at radius 2 is 1.95 bits per heavy atom. The summed E-state index contributed by atoms with van der Waals surface area (Å²) in [6.45, 7) is 0. The van der Waals surface area contributed by atoms with E-state index < -0.39 is 11.6 Å². The third kappa shape index (κ3) is 2.75. The average Bonchev–Trinajstić information content (AvgIpc) is 2.35. The van der Waals surface area contributed by atoms with Gasteiger partial charge in [0.05, 0.1) is 33.7 Å². The summed E-state index contributed by atoms with van der Waals surface area (Å²) in [5.74, 6) is -1.61. The Hall–Kier alpha value is -2.32. The smallest absolute Gasteiger partial charge is 0.151 e. The Labute approximate surface area is 113 Å². The van der Waals surface area contributed by atoms with Gasteiger partial charge in [0.1, 0.15) is 5.82 Å². The Morgan fingerprint density at radius 1 is 1.21 bits per heavy atom. The molecule has 0 amide bonds. The molecule has 3 nitrogen and oxygen atoms in total. The number of benzene rings is 2. The van der Waals surface area contributed by atoms with E-state index in [1.165, 1.54) is 18.2 Å². The first-order chi connectivity index (χ1) is 9.01. The summed E-state index contributed by atoms with van der Waals surface area (Å²) in [6.07, 6.45) is 0. The van der Waals surface area contributed by atoms with Gasteiger partial charge in [-0.25, -0.2) is 8.78 Å². The summed E-state index contributed by atoms with van der Waals surface area (Å²) in [5.41, 5.74) is 6.62. The largest absolute Gasteiger partial charge is 0.397 e. The van der Waals surface area contributed by atoms with Gasteiger partial charge in [0.15, 0.2) is 5.82 Å². The normalized spacial score (nSPS) is 10.0. The number of nitrogens with zero attached hydrogens (tertiary/aromatic N) is 1. The van der Waals surface area contributed by atoms with Crippen molar-refractivity contribution in [2.24, 2.45) is 0 Å². The summed E-state index contributed by atoms with van der Waals surface area (Å²) >= 11 is 5.76. The molecule has 0 saturated carbocycles. The lowest BCUT2D eigenvalue weighted by molar-refractivity contribution is 0.586. The van der Waals surface area contributed by atoms with Gasteiger partial charge in [-0.3, -0.25) is 0 Å². The molecule has 0 spiro atoms. The summed E-state index contributed by atoms with van der Waals surface area (Å²) in [7, 11) is 0. The van der Waals surface area contributed by atoms with E-state index in [0.717, 1.165) is 6.07 Å². The number of hydrogen-bond donors (Lipinski definition) is 2. The minimum atomic E-state index is -0.841. The number of hydrogen-bond acceptors (Lipinski definition) is 3. The van der Waals surface area contributed by atoms with Crippen LogP contribution in [-0.2, 0) is 0 Å². The molecule has 0 radical (unpaired) electrons. The fourth-order valence-corrected chi connectivity index (χ4v) is 1.77. The van der Waals surface area contributed by atoms with Crippen molar-refractivity contribution >= 4 is 28.7 Å². The predicted octanol–water partition coefficient (Wildman–Crippen LogP) is 3.82. The molecule has 2 aromatic carbocycles. The van der Waals surface area contributed by atoms with Crippen LogP contribution in [0.3, 0.4) is 0 Å². The second kappa shape index (κ2) is 5.12. The lowest BCUT2D eigenvalue weighted by Crippen LogP contribution is -2.00. The SMILES string of the molecule is N#Cc1ccc(N)c(Nc2c(F)cc(F)cc2Cl)c1. The van der Waals surface area contributed by atoms with Crippen molar-refractivity contribution < 1.29 is 8.78 Å². The Kier molecular flexibility index (Phi) is 3.54. The summed E-state index contributed by atoms with van der Waals surface area (Å²) < 4.78 is 26.5. The third-order valence-electron chi connectivity index (χ3n) is 2.45. The molecule has 2 aromatic rings. The molecular formula is C13H8ClF2N3. The Bertz CT molecular complexity index is 657. The number of halogens is 3. The van der Waals surface area contributed by atoms with Crippen LogP contribution in [0.1, 0.15) is 5.56 Å². The van der Waals surface area contributed by atoms with Crippen molar-refractivity contribution in [3.63, 3.8) is 0 Å². The van der Waals surface area contributed by atoms with Crippen LogP contribution in [0.4, 0.5) is 25.8 Å². The first-order valence-electron chi connectivity index (χ1n) is 5.22. The van der Waals surface area contributed by atoms with Gasteiger partial charge >= 0.3 is 0 Å². The van der Waals surface area contributed by atoms with Gasteiger partial charge in [0.25, 0.3) is 0 Å². The zero-order chi connectivity index (χ0) is 14.0. The van der Waals surface area contributed by atoms with Crippen LogP contribution >= 0.6 is 11.6 Å². The topological polar surface area (TPSA) is 61.8 Å². The quantitative estimate of drug-likeness (QED) is 0.822. The van der Waals surface area contributed by atoms with Crippen LogP contribution in [0.25, 0.3) is 0 Å². The van der Waals surface area contributed by atoms with Crippen molar-refractivity contribution in [1.29, 1.82) is 5.26 Å². The fraction of sp³-hybridized carbons (Fsp3) is 0. The molecular weight excluding hydrogens is 272 g/mol. The maximum absolute atomic E-state index is 13.6. The first-order valence-corrected chi connectivity index (χ1v) is 5.60. The number of nitrogens with two attached hydrogens (primary N) is 1. The molecule has 0 bridgehead atoms. The predicted molar refractivity (Wildman–Crippen MR) is 70.2 cm³/mol. The van der Waals surface area contributed by atoms with Gasteiger partial charge < -0.3 is 11.1 Å². The van der Waals surface area contributed by atoms with E-state index in [-0.39, 0.29) is 10.7 Å². The van der Waals surface area contributed by atoms with Crippen LogP contribution in [0.15, 0.2) is 30.3 Å². The van der Waals surface area contributed by atoms with Gasteiger partial charge in [-0.1, -0.05) is 11.6 Å². The molecule has 0 aromatic heterocycles. The molecule has 0 unspecified atom stereocenters. The highest BCUT2D eigenvalue weighted by atomic mass is 35.5. The van der Waals surface area contributed by atoms with Crippen LogP contribution < -0.4 is 11.1 Å². The van der Waals surface area contributed by atoms with Crippen LogP contribution in [0.5, 0.6) is 0 Å². The zero-order valence-electron chi connectivity index (χ0n) is 9.55. The fourth-order valence-electron chi connectivity index (χ4n) is 1.53. The maximum Gasteiger partial charge on any atom is 0.151 e. The number of anilines is 3. The molecule has 0 atom stereocenters. The van der Waals surface area contributed by atoms with E-state index in [1.807, 2.05) is 6.07 Å². The van der Waals surface area contributed by atoms with Crippen molar-refractivity contribution in [2.45, 2.75) is 0 Å². The van der Waals surface area contributed by atoms with E-state index >= 15 is 0 Å². The standard InChI is InChI=1S/C13H8ClF2N3/c14-9-4-8(15)5-10(16)13(9)19-12-3-7(6-17)1-2-11(12)18/h1-5,19H,18H2. The van der Waals surface area contributed by atoms with E-state index in [2.05, 4.69) is 5.32 Å². The highest BCUT2D eigenvalue weighted by Crippen LogP contribution is 2.31. The second-order valence-electron chi connectivity index (χ2n) is 3.78. The Balaban J connectivity index is 2.45. The molecule has 0 aliphatic rings. The second-order valence-corrected chi connectivity index (χ2v) is 4.19. The van der Waals surface area contributed by atoms with Gasteiger partial charge in [-0.15, -0.1) is 0 Å². The van der Waals surface area contributed by atoms with Gasteiger partial charge in [0.2, 0.25) is 0 Å². The summed E-state index contributed by atoms with van der Waals surface area (Å²) in [6, 6.07) is 8.12. The molecule has 19 heavy (non-hydrogen) atoms. The van der Waals surface area contributed by atoms with E-state index in [4.69, 9.17) is 22.6 Å². The van der Waals surface area contributed by atoms with E-state index in [9.17, 15) is 8.78 Å². The minimum absolute atomic E-state index is 0.0927. The molecule has 6 heteroatoms. The van der Waals surface area contributed by atoms with Crippen molar-refractivity contribution in [3.05, 3.63) is 52.6 Å². The summed E-state index contributed by atoms with van der Waals surface area (Å²) in [4.78, 5) is 0. The van der Waals surface area contributed by atoms with Crippen LogP contribution in [0.2, 0.25) is 5.02 Å². The van der Waals surface area contributed by atoms with Gasteiger partial charge in [0, 0.05) is 6.07 Å². The zero-order valence-corrected chi connectivity index (χ0v) is 10.3. The highest BCUT2D eigenvalue weighted by molar-refractivity contribution is 6.33. The molecule has 3 N–H and O–H groups in total. The van der Waals surface area contributed by atoms with Crippen molar-refractivity contribution in [2.75, 3.05) is 11.1 Å². The molecule has 0 aliphatic heterocycles. The number of nitrogen functional groups attached to an aromatic ring is 1. The van der Waals surface area contributed by atoms with Crippen molar-refractivity contribution in [1.82, 2.24) is 0 Å². The average molecular weight is 280 g/mol. The molecule has 0 aliphatic carbocycles. The van der Waals surface area contributed by atoms with E-state index in [0.29, 0.717) is 23.0 Å². The monoisotopic (exact) mass is 279 g/mol. The number of rotatable bonds is 2. The number of nitriles is 1.